The standard InChI is InChI=1S/C19H19N3O5/c1-27-17-8-2-13(3-9-17)11-21-12-14(10-18(21)23)19(24)20-15-4-6-16(7-5-15)22(25)26/h2-9,14H,10-12H2,1H3,(H,20,24). The number of benzene rings is 2. The molecule has 1 unspecified atom stereocenters. The Hall–Kier alpha value is -3.42. The Bertz CT molecular complexity index is 849. The van der Waals surface area contributed by atoms with E-state index in [1.54, 1.807) is 12.0 Å². The number of nitro benzene ring substituents is 1. The van der Waals surface area contributed by atoms with Crippen LogP contribution in [0, 0.1) is 16.0 Å². The van der Waals surface area contributed by atoms with Crippen LogP contribution in [0.3, 0.4) is 0 Å². The van der Waals surface area contributed by atoms with Crippen molar-refractivity contribution in [3.63, 3.8) is 0 Å². The van der Waals surface area contributed by atoms with Gasteiger partial charge in [-0.2, -0.15) is 0 Å². The highest BCUT2D eigenvalue weighted by Crippen LogP contribution is 2.23. The molecule has 1 fully saturated rings. The zero-order chi connectivity index (χ0) is 19.4. The van der Waals surface area contributed by atoms with Gasteiger partial charge in [-0.05, 0) is 29.8 Å². The summed E-state index contributed by atoms with van der Waals surface area (Å²) in [7, 11) is 1.59. The van der Waals surface area contributed by atoms with Crippen LogP contribution in [0.1, 0.15) is 12.0 Å². The molecule has 0 aromatic heterocycles. The summed E-state index contributed by atoms with van der Waals surface area (Å²) in [6.07, 6.45) is 0.148. The number of carbonyl (C=O) groups excluding carboxylic acids is 2. The first-order valence-electron chi connectivity index (χ1n) is 8.42. The molecule has 0 spiro atoms. The number of amides is 2. The van der Waals surface area contributed by atoms with Gasteiger partial charge in [-0.15, -0.1) is 0 Å². The van der Waals surface area contributed by atoms with Gasteiger partial charge in [-0.25, -0.2) is 0 Å². The molecule has 8 heteroatoms. The Labute approximate surface area is 155 Å². The van der Waals surface area contributed by atoms with Gasteiger partial charge in [0.05, 0.1) is 18.0 Å². The molecule has 27 heavy (non-hydrogen) atoms. The first-order chi connectivity index (χ1) is 13.0. The minimum atomic E-state index is -0.502. The highest BCUT2D eigenvalue weighted by Gasteiger charge is 2.34. The van der Waals surface area contributed by atoms with E-state index in [-0.39, 0.29) is 23.9 Å². The first-order valence-corrected chi connectivity index (χ1v) is 8.42. The molecule has 8 nitrogen and oxygen atoms in total. The molecule has 0 radical (unpaired) electrons. The smallest absolute Gasteiger partial charge is 0.269 e. The van der Waals surface area contributed by atoms with Crippen molar-refractivity contribution in [3.8, 4) is 5.75 Å². The largest absolute Gasteiger partial charge is 0.497 e. The van der Waals surface area contributed by atoms with E-state index in [0.717, 1.165) is 11.3 Å². The number of nitro groups is 1. The molecule has 1 N–H and O–H groups in total. The Balaban J connectivity index is 1.58. The van der Waals surface area contributed by atoms with Gasteiger partial charge < -0.3 is 15.0 Å². The van der Waals surface area contributed by atoms with Gasteiger partial charge in [-0.3, -0.25) is 19.7 Å². The fraction of sp³-hybridized carbons (Fsp3) is 0.263. The third-order valence-electron chi connectivity index (χ3n) is 4.46. The SMILES string of the molecule is COc1ccc(CN2CC(C(=O)Nc3ccc([N+](=O)[O-])cc3)CC2=O)cc1. The van der Waals surface area contributed by atoms with Crippen LogP contribution >= 0.6 is 0 Å². The van der Waals surface area contributed by atoms with Crippen molar-refractivity contribution in [1.29, 1.82) is 0 Å². The maximum Gasteiger partial charge on any atom is 0.269 e. The van der Waals surface area contributed by atoms with Crippen molar-refractivity contribution in [2.45, 2.75) is 13.0 Å². The topological polar surface area (TPSA) is 102 Å². The molecule has 2 aromatic rings. The number of carbonyl (C=O) groups is 2. The predicted molar refractivity (Wildman–Crippen MR) is 98.2 cm³/mol. The zero-order valence-electron chi connectivity index (χ0n) is 14.8. The molecule has 2 aromatic carbocycles. The molecule has 140 valence electrons. The minimum absolute atomic E-state index is 0.0466. The van der Waals surface area contributed by atoms with E-state index in [9.17, 15) is 19.7 Å². The highest BCUT2D eigenvalue weighted by atomic mass is 16.6. The molecule has 0 saturated carbocycles. The second-order valence-electron chi connectivity index (χ2n) is 6.32. The number of anilines is 1. The minimum Gasteiger partial charge on any atom is -0.497 e. The average molecular weight is 369 g/mol. The number of nitrogens with zero attached hydrogens (tertiary/aromatic N) is 2. The molecule has 1 aliphatic heterocycles. The second-order valence-corrected chi connectivity index (χ2v) is 6.32. The number of non-ortho nitro benzene ring substituents is 1. The fourth-order valence-electron chi connectivity index (χ4n) is 2.96. The van der Waals surface area contributed by atoms with Gasteiger partial charge in [0.15, 0.2) is 0 Å². The van der Waals surface area contributed by atoms with Crippen molar-refractivity contribution in [2.75, 3.05) is 19.0 Å². The maximum absolute atomic E-state index is 12.4. The zero-order valence-corrected chi connectivity index (χ0v) is 14.8. The van der Waals surface area contributed by atoms with Gasteiger partial charge in [0, 0.05) is 37.3 Å². The summed E-state index contributed by atoms with van der Waals surface area (Å²) in [5.41, 5.74) is 1.38. The third kappa shape index (κ3) is 4.41. The second kappa shape index (κ2) is 7.86. The first kappa shape index (κ1) is 18.4. The van der Waals surface area contributed by atoms with Gasteiger partial charge in [0.25, 0.3) is 5.69 Å². The Kier molecular flexibility index (Phi) is 5.35. The lowest BCUT2D eigenvalue weighted by molar-refractivity contribution is -0.384. The number of ether oxygens (including phenoxy) is 1. The highest BCUT2D eigenvalue weighted by molar-refractivity contribution is 5.97. The predicted octanol–water partition coefficient (Wildman–Crippen LogP) is 2.59. The molecule has 1 aliphatic rings. The van der Waals surface area contributed by atoms with Crippen molar-refractivity contribution in [3.05, 3.63) is 64.2 Å². The number of hydrogen-bond acceptors (Lipinski definition) is 5. The van der Waals surface area contributed by atoms with Crippen molar-refractivity contribution < 1.29 is 19.2 Å². The lowest BCUT2D eigenvalue weighted by Gasteiger charge is -2.17. The van der Waals surface area contributed by atoms with Gasteiger partial charge in [0.1, 0.15) is 5.75 Å². The van der Waals surface area contributed by atoms with Crippen LogP contribution in [0.15, 0.2) is 48.5 Å². The monoisotopic (exact) mass is 369 g/mol. The summed E-state index contributed by atoms with van der Waals surface area (Å²) in [6, 6.07) is 13.0. The third-order valence-corrected chi connectivity index (χ3v) is 4.46. The van der Waals surface area contributed by atoms with Crippen LogP contribution in [0.4, 0.5) is 11.4 Å². The molecule has 1 saturated heterocycles. The quantitative estimate of drug-likeness (QED) is 0.623. The Morgan fingerprint density at radius 2 is 1.89 bits per heavy atom. The summed E-state index contributed by atoms with van der Waals surface area (Å²) in [5.74, 6) is -0.0538. The van der Waals surface area contributed by atoms with Gasteiger partial charge >= 0.3 is 0 Å². The fourth-order valence-corrected chi connectivity index (χ4v) is 2.96. The summed E-state index contributed by atoms with van der Waals surface area (Å²) in [5, 5.41) is 13.4. The number of hydrogen-bond donors (Lipinski definition) is 1. The average Bonchev–Trinajstić information content (AvgIpc) is 3.03. The van der Waals surface area contributed by atoms with E-state index < -0.39 is 10.8 Å². The van der Waals surface area contributed by atoms with E-state index in [4.69, 9.17) is 4.74 Å². The molecule has 0 bridgehead atoms. The van der Waals surface area contributed by atoms with Crippen LogP contribution in [0.2, 0.25) is 0 Å². The van der Waals surface area contributed by atoms with Crippen molar-refractivity contribution in [1.82, 2.24) is 4.90 Å². The van der Waals surface area contributed by atoms with Crippen LogP contribution < -0.4 is 10.1 Å². The Morgan fingerprint density at radius 3 is 2.48 bits per heavy atom. The van der Waals surface area contributed by atoms with E-state index in [1.807, 2.05) is 24.3 Å². The molecular weight excluding hydrogens is 350 g/mol. The van der Waals surface area contributed by atoms with Crippen LogP contribution in [0.25, 0.3) is 0 Å². The summed E-state index contributed by atoms with van der Waals surface area (Å²) >= 11 is 0. The molecular formula is C19H19N3O5. The van der Waals surface area contributed by atoms with Gasteiger partial charge in [0.2, 0.25) is 11.8 Å². The lowest BCUT2D eigenvalue weighted by Crippen LogP contribution is -2.28. The van der Waals surface area contributed by atoms with Crippen molar-refractivity contribution in [2.24, 2.45) is 5.92 Å². The van der Waals surface area contributed by atoms with E-state index in [1.165, 1.54) is 24.3 Å². The summed E-state index contributed by atoms with van der Waals surface area (Å²) < 4.78 is 5.12. The van der Waals surface area contributed by atoms with Crippen LogP contribution in [-0.4, -0.2) is 35.3 Å². The maximum atomic E-state index is 12.4. The number of methoxy groups -OCH3 is 1. The molecule has 1 atom stereocenters. The van der Waals surface area contributed by atoms with E-state index >= 15 is 0 Å². The van der Waals surface area contributed by atoms with E-state index in [2.05, 4.69) is 5.32 Å². The Morgan fingerprint density at radius 1 is 1.22 bits per heavy atom. The molecule has 2 amide bonds. The normalized spacial score (nSPS) is 16.3. The number of rotatable bonds is 6. The molecule has 1 heterocycles. The van der Waals surface area contributed by atoms with Crippen LogP contribution in [0.5, 0.6) is 5.75 Å². The van der Waals surface area contributed by atoms with Crippen LogP contribution in [-0.2, 0) is 16.1 Å². The number of nitrogens with one attached hydrogen (secondary N) is 1. The summed E-state index contributed by atoms with van der Waals surface area (Å²) in [4.78, 5) is 36.5. The van der Waals surface area contributed by atoms with E-state index in [0.29, 0.717) is 18.8 Å². The number of likely N-dealkylation sites (tertiary alicyclic amines) is 1. The summed E-state index contributed by atoms with van der Waals surface area (Å²) in [6.45, 7) is 0.772. The van der Waals surface area contributed by atoms with Gasteiger partial charge in [-0.1, -0.05) is 12.1 Å². The molecule has 3 rings (SSSR count). The lowest BCUT2D eigenvalue weighted by atomic mass is 10.1. The molecule has 0 aliphatic carbocycles. The van der Waals surface area contributed by atoms with Crippen molar-refractivity contribution >= 4 is 23.2 Å².